The van der Waals surface area contributed by atoms with Crippen molar-refractivity contribution < 1.29 is 0 Å². The van der Waals surface area contributed by atoms with Gasteiger partial charge in [0.05, 0.1) is 11.0 Å². The maximum absolute atomic E-state index is 4.67. The number of aryl methyl sites for hydroxylation is 1. The number of fused-ring (bicyclic) bond motifs is 1. The van der Waals surface area contributed by atoms with Crippen LogP contribution >= 0.6 is 0 Å². The number of imidazole rings is 1. The summed E-state index contributed by atoms with van der Waals surface area (Å²) >= 11 is 0. The van der Waals surface area contributed by atoms with Crippen molar-refractivity contribution in [3.63, 3.8) is 0 Å². The average molecular weight is 348 g/mol. The largest absolute Gasteiger partial charge is 0.306 e. The lowest BCUT2D eigenvalue weighted by molar-refractivity contribution is 0.251. The third-order valence-electron chi connectivity index (χ3n) is 5.67. The zero-order valence-electron chi connectivity index (χ0n) is 16.0. The fraction of sp³-hybridized carbons (Fsp3) is 0.435. The number of unbranched alkanes of at least 4 members (excludes halogenated alkanes) is 1. The van der Waals surface area contributed by atoms with Crippen molar-refractivity contribution >= 4 is 11.0 Å². The predicted octanol–water partition coefficient (Wildman–Crippen LogP) is 5.18. The van der Waals surface area contributed by atoms with E-state index in [4.69, 9.17) is 0 Å². The summed E-state index contributed by atoms with van der Waals surface area (Å²) < 4.78 is 2.23. The van der Waals surface area contributed by atoms with Crippen LogP contribution in [0, 0.1) is 0 Å². The van der Waals surface area contributed by atoms with Crippen molar-refractivity contribution in [3.05, 3.63) is 59.9 Å². The number of hydrogen-bond acceptors (Lipinski definition) is 2. The second-order valence-electron chi connectivity index (χ2n) is 7.74. The van der Waals surface area contributed by atoms with Gasteiger partial charge in [-0.15, -0.1) is 0 Å². The lowest BCUT2D eigenvalue weighted by Crippen LogP contribution is -2.30. The number of likely N-dealkylation sites (N-methyl/N-ethyl adjacent to an activating group) is 1. The normalized spacial score (nSPS) is 18.5. The molecule has 1 aliphatic rings. The summed E-state index contributed by atoms with van der Waals surface area (Å²) in [5.74, 6) is 0.643. The molecule has 4 rings (SSSR count). The van der Waals surface area contributed by atoms with Gasteiger partial charge in [-0.2, -0.15) is 0 Å². The van der Waals surface area contributed by atoms with E-state index in [1.807, 2.05) is 6.33 Å². The van der Waals surface area contributed by atoms with Crippen molar-refractivity contribution in [2.75, 3.05) is 20.1 Å². The molecule has 1 fully saturated rings. The Morgan fingerprint density at radius 2 is 2.08 bits per heavy atom. The van der Waals surface area contributed by atoms with Crippen LogP contribution in [-0.2, 0) is 6.42 Å². The van der Waals surface area contributed by atoms with E-state index in [2.05, 4.69) is 70.9 Å². The molecule has 1 saturated heterocycles. The number of rotatable bonds is 5. The number of aromatic nitrogens is 2. The first kappa shape index (κ1) is 17.3. The highest BCUT2D eigenvalue weighted by atomic mass is 15.1. The number of nitrogens with zero attached hydrogens (tertiary/aromatic N) is 3. The van der Waals surface area contributed by atoms with Crippen molar-refractivity contribution in [2.45, 2.75) is 44.9 Å². The van der Waals surface area contributed by atoms with Crippen LogP contribution in [0.3, 0.4) is 0 Å². The molecular formula is C23H29N3. The van der Waals surface area contributed by atoms with E-state index in [-0.39, 0.29) is 0 Å². The van der Waals surface area contributed by atoms with Gasteiger partial charge in [0.15, 0.2) is 0 Å². The molecule has 0 aliphatic carbocycles. The van der Waals surface area contributed by atoms with Crippen LogP contribution in [0.15, 0.2) is 48.8 Å². The number of hydrogen-bond donors (Lipinski definition) is 0. The molecule has 0 spiro atoms. The Bertz CT molecular complexity index is 880. The number of likely N-dealkylation sites (tertiary alicyclic amines) is 1. The fourth-order valence-corrected chi connectivity index (χ4v) is 4.17. The van der Waals surface area contributed by atoms with Gasteiger partial charge in [0, 0.05) is 12.2 Å². The summed E-state index contributed by atoms with van der Waals surface area (Å²) in [5.41, 5.74) is 6.36. The molecule has 3 heteroatoms. The quantitative estimate of drug-likeness (QED) is 0.634. The highest BCUT2D eigenvalue weighted by Crippen LogP contribution is 2.28. The van der Waals surface area contributed by atoms with E-state index < -0.39 is 0 Å². The first-order chi connectivity index (χ1) is 12.7. The van der Waals surface area contributed by atoms with Crippen LogP contribution in [-0.4, -0.2) is 34.6 Å². The molecule has 3 aromatic rings. The molecular weight excluding hydrogens is 318 g/mol. The first-order valence-corrected chi connectivity index (χ1v) is 9.99. The molecule has 1 aromatic heterocycles. The van der Waals surface area contributed by atoms with Crippen LogP contribution < -0.4 is 0 Å². The highest BCUT2D eigenvalue weighted by Gasteiger charge is 2.19. The van der Waals surface area contributed by atoms with Crippen LogP contribution in [0.4, 0.5) is 0 Å². The molecule has 0 bridgehead atoms. The van der Waals surface area contributed by atoms with E-state index >= 15 is 0 Å². The minimum atomic E-state index is 0.643. The van der Waals surface area contributed by atoms with Gasteiger partial charge in [-0.1, -0.05) is 31.5 Å². The molecule has 2 heterocycles. The van der Waals surface area contributed by atoms with E-state index in [0.717, 1.165) is 18.5 Å². The Hall–Kier alpha value is -2.13. The van der Waals surface area contributed by atoms with Gasteiger partial charge in [-0.05, 0) is 80.6 Å². The molecule has 0 saturated carbocycles. The van der Waals surface area contributed by atoms with Gasteiger partial charge in [0.1, 0.15) is 6.33 Å². The van der Waals surface area contributed by atoms with Crippen molar-refractivity contribution in [2.24, 2.45) is 0 Å². The molecule has 1 unspecified atom stereocenters. The average Bonchev–Trinajstić information content (AvgIpc) is 3.10. The maximum Gasteiger partial charge on any atom is 0.100 e. The summed E-state index contributed by atoms with van der Waals surface area (Å²) in [5, 5.41) is 0. The Labute approximate surface area is 156 Å². The van der Waals surface area contributed by atoms with Gasteiger partial charge in [-0.3, -0.25) is 4.57 Å². The Balaban J connectivity index is 1.64. The fourth-order valence-electron chi connectivity index (χ4n) is 4.17. The first-order valence-electron chi connectivity index (χ1n) is 9.99. The maximum atomic E-state index is 4.67. The summed E-state index contributed by atoms with van der Waals surface area (Å²) in [6.07, 6.45) is 8.17. The third kappa shape index (κ3) is 3.54. The molecule has 3 nitrogen and oxygen atoms in total. The lowest BCUT2D eigenvalue weighted by atomic mass is 9.90. The standard InChI is InChI=1S/C23H29N3/c1-3-4-7-18-11-12-23-22(14-18)24-17-26(23)21-10-5-8-19(15-21)20-9-6-13-25(2)16-20/h5,8,10-12,14-15,17,20H,3-4,6-7,9,13,16H2,1-2H3. The Morgan fingerprint density at radius 1 is 1.15 bits per heavy atom. The van der Waals surface area contributed by atoms with Gasteiger partial charge < -0.3 is 4.90 Å². The molecule has 26 heavy (non-hydrogen) atoms. The van der Waals surface area contributed by atoms with Gasteiger partial charge in [-0.25, -0.2) is 4.98 Å². The summed E-state index contributed by atoms with van der Waals surface area (Å²) in [6.45, 7) is 4.63. The second kappa shape index (κ2) is 7.63. The molecule has 1 atom stereocenters. The summed E-state index contributed by atoms with van der Waals surface area (Å²) in [6, 6.07) is 15.8. The molecule has 0 N–H and O–H groups in total. The lowest BCUT2D eigenvalue weighted by Gasteiger charge is -2.30. The highest BCUT2D eigenvalue weighted by molar-refractivity contribution is 5.78. The SMILES string of the molecule is CCCCc1ccc2c(c1)ncn2-c1cccc(C2CCCN(C)C2)c1. The molecule has 0 amide bonds. The minimum Gasteiger partial charge on any atom is -0.306 e. The van der Waals surface area contributed by atoms with Gasteiger partial charge in [0.2, 0.25) is 0 Å². The number of piperidine rings is 1. The zero-order chi connectivity index (χ0) is 17.9. The van der Waals surface area contributed by atoms with Gasteiger partial charge >= 0.3 is 0 Å². The molecule has 136 valence electrons. The van der Waals surface area contributed by atoms with E-state index in [9.17, 15) is 0 Å². The summed E-state index contributed by atoms with van der Waals surface area (Å²) in [7, 11) is 2.23. The molecule has 0 radical (unpaired) electrons. The van der Waals surface area contributed by atoms with Gasteiger partial charge in [0.25, 0.3) is 0 Å². The third-order valence-corrected chi connectivity index (χ3v) is 5.67. The van der Waals surface area contributed by atoms with Crippen LogP contribution in [0.2, 0.25) is 0 Å². The van der Waals surface area contributed by atoms with Crippen molar-refractivity contribution in [3.8, 4) is 5.69 Å². The van der Waals surface area contributed by atoms with Crippen LogP contribution in [0.5, 0.6) is 0 Å². The summed E-state index contributed by atoms with van der Waals surface area (Å²) in [4.78, 5) is 7.12. The molecule has 2 aromatic carbocycles. The zero-order valence-corrected chi connectivity index (χ0v) is 16.0. The van der Waals surface area contributed by atoms with Crippen molar-refractivity contribution in [1.82, 2.24) is 14.5 Å². The minimum absolute atomic E-state index is 0.643. The second-order valence-corrected chi connectivity index (χ2v) is 7.74. The van der Waals surface area contributed by atoms with E-state index in [1.54, 1.807) is 0 Å². The predicted molar refractivity (Wildman–Crippen MR) is 109 cm³/mol. The number of benzene rings is 2. The van der Waals surface area contributed by atoms with Crippen LogP contribution in [0.1, 0.15) is 49.7 Å². The topological polar surface area (TPSA) is 21.1 Å². The smallest absolute Gasteiger partial charge is 0.100 e. The van der Waals surface area contributed by atoms with E-state index in [0.29, 0.717) is 5.92 Å². The Morgan fingerprint density at radius 3 is 2.92 bits per heavy atom. The van der Waals surface area contributed by atoms with E-state index in [1.165, 1.54) is 54.6 Å². The molecule has 1 aliphatic heterocycles. The van der Waals surface area contributed by atoms with Crippen LogP contribution in [0.25, 0.3) is 16.7 Å². The Kier molecular flexibility index (Phi) is 5.07. The van der Waals surface area contributed by atoms with Crippen molar-refractivity contribution in [1.29, 1.82) is 0 Å². The monoisotopic (exact) mass is 347 g/mol.